The SMILES string of the molecule is Cl.O=C(O)C(Cc1c[nH]c2ccccc12)NCc1cccc(Oc2ncccn2)c1. The Kier molecular flexibility index (Phi) is 7.00. The maximum absolute atomic E-state index is 11.8. The number of hydrogen-bond donors (Lipinski definition) is 3. The summed E-state index contributed by atoms with van der Waals surface area (Å²) in [5.74, 6) is -0.292. The number of nitrogens with zero attached hydrogens (tertiary/aromatic N) is 2. The monoisotopic (exact) mass is 424 g/mol. The first kappa shape index (κ1) is 21.3. The third-order valence-electron chi connectivity index (χ3n) is 4.60. The van der Waals surface area contributed by atoms with Crippen molar-refractivity contribution in [2.24, 2.45) is 0 Å². The molecule has 2 heterocycles. The van der Waals surface area contributed by atoms with Crippen LogP contribution in [0.3, 0.4) is 0 Å². The van der Waals surface area contributed by atoms with E-state index in [1.54, 1.807) is 24.5 Å². The van der Waals surface area contributed by atoms with Gasteiger partial charge in [0.1, 0.15) is 11.8 Å². The zero-order valence-corrected chi connectivity index (χ0v) is 16.8. The largest absolute Gasteiger partial charge is 0.480 e. The molecule has 0 aliphatic carbocycles. The van der Waals surface area contributed by atoms with Crippen LogP contribution >= 0.6 is 12.4 Å². The summed E-state index contributed by atoms with van der Waals surface area (Å²) in [6.07, 6.45) is 5.47. The summed E-state index contributed by atoms with van der Waals surface area (Å²) in [6, 6.07) is 16.5. The summed E-state index contributed by atoms with van der Waals surface area (Å²) in [7, 11) is 0. The Morgan fingerprint density at radius 2 is 1.90 bits per heavy atom. The van der Waals surface area contributed by atoms with Crippen LogP contribution in [-0.2, 0) is 17.8 Å². The average Bonchev–Trinajstić information content (AvgIpc) is 3.15. The van der Waals surface area contributed by atoms with Crippen molar-refractivity contribution in [2.45, 2.75) is 19.0 Å². The number of benzene rings is 2. The molecule has 1 unspecified atom stereocenters. The number of halogens is 1. The van der Waals surface area contributed by atoms with Gasteiger partial charge in [0.25, 0.3) is 0 Å². The van der Waals surface area contributed by atoms with Crippen LogP contribution in [0.5, 0.6) is 11.8 Å². The van der Waals surface area contributed by atoms with E-state index in [-0.39, 0.29) is 18.4 Å². The minimum Gasteiger partial charge on any atom is -0.480 e. The molecule has 8 heteroatoms. The molecule has 0 fully saturated rings. The summed E-state index contributed by atoms with van der Waals surface area (Å²) < 4.78 is 5.64. The lowest BCUT2D eigenvalue weighted by Crippen LogP contribution is -2.38. The van der Waals surface area contributed by atoms with Gasteiger partial charge in [0.05, 0.1) is 0 Å². The number of nitrogens with one attached hydrogen (secondary N) is 2. The van der Waals surface area contributed by atoms with E-state index >= 15 is 0 Å². The Morgan fingerprint density at radius 1 is 1.10 bits per heavy atom. The molecule has 154 valence electrons. The molecule has 4 rings (SSSR count). The number of carbonyl (C=O) groups is 1. The fraction of sp³-hybridized carbons (Fsp3) is 0.136. The average molecular weight is 425 g/mol. The Morgan fingerprint density at radius 3 is 2.70 bits per heavy atom. The first-order chi connectivity index (χ1) is 14.2. The van der Waals surface area contributed by atoms with E-state index in [1.807, 2.05) is 48.7 Å². The number of para-hydroxylation sites is 1. The number of carboxylic acids is 1. The normalized spacial score (nSPS) is 11.6. The number of aliphatic carboxylic acids is 1. The molecule has 0 saturated heterocycles. The number of ether oxygens (including phenoxy) is 1. The molecule has 0 aliphatic rings. The number of carboxylic acid groups (broad SMARTS) is 1. The van der Waals surface area contributed by atoms with E-state index in [0.29, 0.717) is 18.7 Å². The van der Waals surface area contributed by atoms with Gasteiger partial charge in [-0.15, -0.1) is 12.4 Å². The summed E-state index contributed by atoms with van der Waals surface area (Å²) in [5.41, 5.74) is 2.88. The lowest BCUT2D eigenvalue weighted by atomic mass is 10.0. The van der Waals surface area contributed by atoms with Gasteiger partial charge in [-0.1, -0.05) is 30.3 Å². The second kappa shape index (κ2) is 9.87. The highest BCUT2D eigenvalue weighted by Crippen LogP contribution is 2.20. The van der Waals surface area contributed by atoms with Gasteiger partial charge in [-0.3, -0.25) is 4.79 Å². The number of H-pyrrole nitrogens is 1. The number of aromatic amines is 1. The smallest absolute Gasteiger partial charge is 0.321 e. The van der Waals surface area contributed by atoms with Crippen molar-refractivity contribution >= 4 is 29.3 Å². The standard InChI is InChI=1S/C22H20N4O3.ClH/c27-21(28)20(12-16-14-26-19-8-2-1-7-18(16)19)25-13-15-5-3-6-17(11-15)29-22-23-9-4-10-24-22;/h1-11,14,20,25-26H,12-13H2,(H,27,28);1H. The van der Waals surface area contributed by atoms with Crippen LogP contribution < -0.4 is 10.1 Å². The molecule has 7 nitrogen and oxygen atoms in total. The van der Waals surface area contributed by atoms with Crippen molar-refractivity contribution in [3.63, 3.8) is 0 Å². The van der Waals surface area contributed by atoms with Crippen molar-refractivity contribution in [2.75, 3.05) is 0 Å². The van der Waals surface area contributed by atoms with Gasteiger partial charge < -0.3 is 20.1 Å². The van der Waals surface area contributed by atoms with Gasteiger partial charge in [0.15, 0.2) is 0 Å². The molecule has 0 spiro atoms. The van der Waals surface area contributed by atoms with Crippen LogP contribution in [0.4, 0.5) is 0 Å². The molecule has 0 bridgehead atoms. The van der Waals surface area contributed by atoms with Gasteiger partial charge in [0, 0.05) is 42.5 Å². The zero-order valence-electron chi connectivity index (χ0n) is 16.0. The van der Waals surface area contributed by atoms with E-state index in [2.05, 4.69) is 20.3 Å². The summed E-state index contributed by atoms with van der Waals surface area (Å²) >= 11 is 0. The Labute approximate surface area is 179 Å². The highest BCUT2D eigenvalue weighted by molar-refractivity contribution is 5.85. The van der Waals surface area contributed by atoms with Crippen LogP contribution in [0.1, 0.15) is 11.1 Å². The molecule has 0 radical (unpaired) electrons. The number of hydrogen-bond acceptors (Lipinski definition) is 5. The Balaban J connectivity index is 0.00000256. The van der Waals surface area contributed by atoms with Crippen molar-refractivity contribution in [3.8, 4) is 11.8 Å². The molecular weight excluding hydrogens is 404 g/mol. The van der Waals surface area contributed by atoms with Gasteiger partial charge in [0.2, 0.25) is 0 Å². The molecule has 2 aromatic carbocycles. The van der Waals surface area contributed by atoms with E-state index in [0.717, 1.165) is 22.0 Å². The maximum Gasteiger partial charge on any atom is 0.321 e. The van der Waals surface area contributed by atoms with Crippen molar-refractivity contribution < 1.29 is 14.6 Å². The third-order valence-corrected chi connectivity index (χ3v) is 4.60. The number of rotatable bonds is 8. The molecule has 2 aromatic heterocycles. The maximum atomic E-state index is 11.8. The Bertz CT molecular complexity index is 1120. The number of fused-ring (bicyclic) bond motifs is 1. The molecule has 0 saturated carbocycles. The highest BCUT2D eigenvalue weighted by atomic mass is 35.5. The second-order valence-corrected chi connectivity index (χ2v) is 6.62. The minimum absolute atomic E-state index is 0. The predicted molar refractivity (Wildman–Crippen MR) is 116 cm³/mol. The van der Waals surface area contributed by atoms with Crippen LogP contribution in [-0.4, -0.2) is 32.1 Å². The molecule has 3 N–H and O–H groups in total. The van der Waals surface area contributed by atoms with Crippen LogP contribution in [0, 0.1) is 0 Å². The van der Waals surface area contributed by atoms with E-state index in [9.17, 15) is 9.90 Å². The third kappa shape index (κ3) is 5.14. The van der Waals surface area contributed by atoms with Crippen molar-refractivity contribution in [1.82, 2.24) is 20.3 Å². The van der Waals surface area contributed by atoms with Crippen LogP contribution in [0.25, 0.3) is 10.9 Å². The van der Waals surface area contributed by atoms with Gasteiger partial charge in [-0.25, -0.2) is 9.97 Å². The van der Waals surface area contributed by atoms with E-state index < -0.39 is 12.0 Å². The van der Waals surface area contributed by atoms with E-state index in [1.165, 1.54) is 0 Å². The van der Waals surface area contributed by atoms with Gasteiger partial charge >= 0.3 is 12.0 Å². The summed E-state index contributed by atoms with van der Waals surface area (Å²) in [4.78, 5) is 23.0. The quantitative estimate of drug-likeness (QED) is 0.396. The van der Waals surface area contributed by atoms with Crippen LogP contribution in [0.2, 0.25) is 0 Å². The molecule has 30 heavy (non-hydrogen) atoms. The number of aromatic nitrogens is 3. The second-order valence-electron chi connectivity index (χ2n) is 6.62. The molecular formula is C22H21ClN4O3. The van der Waals surface area contributed by atoms with E-state index in [4.69, 9.17) is 4.74 Å². The summed E-state index contributed by atoms with van der Waals surface area (Å²) in [6.45, 7) is 0.395. The molecule has 0 aliphatic heterocycles. The Hall–Kier alpha value is -3.42. The first-order valence-electron chi connectivity index (χ1n) is 9.24. The molecule has 1 atom stereocenters. The fourth-order valence-corrected chi connectivity index (χ4v) is 3.17. The lowest BCUT2D eigenvalue weighted by molar-refractivity contribution is -0.139. The summed E-state index contributed by atoms with van der Waals surface area (Å²) in [5, 5.41) is 13.8. The minimum atomic E-state index is -0.889. The van der Waals surface area contributed by atoms with Gasteiger partial charge in [-0.05, 0) is 35.4 Å². The fourth-order valence-electron chi connectivity index (χ4n) is 3.17. The lowest BCUT2D eigenvalue weighted by Gasteiger charge is -2.15. The van der Waals surface area contributed by atoms with Crippen LogP contribution in [0.15, 0.2) is 73.2 Å². The topological polar surface area (TPSA) is 100 Å². The van der Waals surface area contributed by atoms with Crippen molar-refractivity contribution in [3.05, 3.63) is 84.3 Å². The predicted octanol–water partition coefficient (Wildman–Crippen LogP) is 3.96. The van der Waals surface area contributed by atoms with Crippen molar-refractivity contribution in [1.29, 1.82) is 0 Å². The first-order valence-corrected chi connectivity index (χ1v) is 9.24. The molecule has 4 aromatic rings. The molecule has 0 amide bonds. The highest BCUT2D eigenvalue weighted by Gasteiger charge is 2.19. The zero-order chi connectivity index (χ0) is 20.1. The van der Waals surface area contributed by atoms with Gasteiger partial charge in [-0.2, -0.15) is 0 Å².